The largest absolute Gasteiger partial charge is 0.472 e. The molecule has 0 aliphatic carbocycles. The first kappa shape index (κ1) is 104. The van der Waals surface area contributed by atoms with Gasteiger partial charge in [0.2, 0.25) is 0 Å². The highest BCUT2D eigenvalue weighted by Gasteiger charge is 2.30. The number of unbranched alkanes of at least 4 members (excludes halogenated alkanes) is 58. The summed E-state index contributed by atoms with van der Waals surface area (Å²) >= 11 is 0. The Kier molecular flexibility index (Phi) is 78.2. The zero-order valence-corrected chi connectivity index (χ0v) is 71.4. The number of aliphatic hydroxyl groups excluding tert-OH is 1. The molecule has 630 valence electrons. The number of carbonyl (C=O) groups is 4. The molecule has 0 saturated carbocycles. The van der Waals surface area contributed by atoms with Gasteiger partial charge >= 0.3 is 39.5 Å². The zero-order chi connectivity index (χ0) is 77.6. The Hall–Kier alpha value is -1.94. The van der Waals surface area contributed by atoms with E-state index in [9.17, 15) is 43.2 Å². The Labute approximate surface area is 651 Å². The average Bonchev–Trinajstić information content (AvgIpc) is 0.931. The highest BCUT2D eigenvalue weighted by molar-refractivity contribution is 7.47. The fourth-order valence-corrected chi connectivity index (χ4v) is 15.2. The molecule has 0 rings (SSSR count). The molecule has 6 atom stereocenters. The van der Waals surface area contributed by atoms with Crippen LogP contribution in [0.25, 0.3) is 0 Å². The number of hydrogen-bond donors (Lipinski definition) is 3. The number of phosphoric acid groups is 2. The highest BCUT2D eigenvalue weighted by Crippen LogP contribution is 2.45. The summed E-state index contributed by atoms with van der Waals surface area (Å²) in [6, 6.07) is 0. The van der Waals surface area contributed by atoms with Crippen molar-refractivity contribution in [2.24, 2.45) is 5.92 Å². The van der Waals surface area contributed by atoms with E-state index in [1.54, 1.807) is 0 Å². The molecule has 0 spiro atoms. The number of carbonyl (C=O) groups excluding carboxylic acids is 4. The smallest absolute Gasteiger partial charge is 0.462 e. The summed E-state index contributed by atoms with van der Waals surface area (Å²) in [5, 5.41) is 10.7. The standard InChI is InChI=1S/C87H170O17P2/c1-6-10-13-16-19-22-25-27-29-31-33-35-37-42-46-51-56-61-66-71-85(90)98-77-83(104-86(91)72-67-62-57-52-47-43-38-36-34-32-30-28-26-23-20-17-14-11-7-2)79-102-106(95,96)100-75-81(88)74-99-105(93,94)101-78-82(76-97-84(89)70-65-60-55-50-24-21-18-15-12-8-3)103-87(92)73-68-63-58-53-48-44-40-39-41-45-49-54-59-64-69-80(5)9-4/h80-83,88H,6-79H2,1-5H3,(H,93,94)(H,95,96)/t80?,81-,82+,83+/m0/s1. The van der Waals surface area contributed by atoms with Crippen LogP contribution < -0.4 is 0 Å². The SMILES string of the molecule is CCCCCCCCCCCCCCCCCCCCCC(=O)OC[C@H](COP(=O)(O)OC[C@@H](O)COP(=O)(O)OC[C@@H](COC(=O)CCCCCCCCCCCC)OC(=O)CCCCCCCCCCCCCCCCC(C)CC)OC(=O)CCCCCCCCCCCCCCCCCCCCC. The molecule has 0 heterocycles. The van der Waals surface area contributed by atoms with Crippen LogP contribution in [0.15, 0.2) is 0 Å². The molecule has 0 saturated heterocycles. The average molecular weight is 1550 g/mol. The summed E-state index contributed by atoms with van der Waals surface area (Å²) < 4.78 is 68.9. The van der Waals surface area contributed by atoms with Gasteiger partial charge < -0.3 is 33.8 Å². The van der Waals surface area contributed by atoms with E-state index in [-0.39, 0.29) is 25.7 Å². The summed E-state index contributed by atoms with van der Waals surface area (Å²) in [7, 11) is -9.93. The second-order valence-electron chi connectivity index (χ2n) is 31.5. The monoisotopic (exact) mass is 1550 g/mol. The molecular weight excluding hydrogens is 1380 g/mol. The first-order valence-corrected chi connectivity index (χ1v) is 48.2. The molecule has 3 unspecified atom stereocenters. The Morgan fingerprint density at radius 1 is 0.264 bits per heavy atom. The van der Waals surface area contributed by atoms with E-state index in [1.807, 2.05) is 0 Å². The third-order valence-electron chi connectivity index (χ3n) is 20.9. The Balaban J connectivity index is 5.23. The van der Waals surface area contributed by atoms with Crippen LogP contribution >= 0.6 is 15.6 Å². The molecule has 106 heavy (non-hydrogen) atoms. The number of hydrogen-bond acceptors (Lipinski definition) is 15. The quantitative estimate of drug-likeness (QED) is 0.0222. The van der Waals surface area contributed by atoms with Crippen molar-refractivity contribution >= 4 is 39.5 Å². The molecule has 3 N–H and O–H groups in total. The number of phosphoric ester groups is 2. The maximum Gasteiger partial charge on any atom is 0.472 e. The summed E-state index contributed by atoms with van der Waals surface area (Å²) in [6.07, 6.45) is 73.5. The van der Waals surface area contributed by atoms with Crippen molar-refractivity contribution in [3.05, 3.63) is 0 Å². The van der Waals surface area contributed by atoms with Crippen LogP contribution in [-0.4, -0.2) is 96.7 Å². The number of ether oxygens (including phenoxy) is 4. The minimum Gasteiger partial charge on any atom is -0.462 e. The van der Waals surface area contributed by atoms with Gasteiger partial charge in [0.15, 0.2) is 12.2 Å². The van der Waals surface area contributed by atoms with Gasteiger partial charge in [-0.15, -0.1) is 0 Å². The minimum absolute atomic E-state index is 0.108. The molecule has 19 heteroatoms. The van der Waals surface area contributed by atoms with E-state index in [4.69, 9.17) is 37.0 Å². The van der Waals surface area contributed by atoms with E-state index in [0.29, 0.717) is 25.7 Å². The number of rotatable bonds is 87. The molecule has 0 aliphatic heterocycles. The molecule has 0 amide bonds. The first-order chi connectivity index (χ1) is 51.6. The normalized spacial score (nSPS) is 14.0. The van der Waals surface area contributed by atoms with Crippen molar-refractivity contribution in [2.45, 2.75) is 490 Å². The van der Waals surface area contributed by atoms with Gasteiger partial charge in [-0.05, 0) is 31.6 Å². The van der Waals surface area contributed by atoms with E-state index in [2.05, 4.69) is 34.6 Å². The van der Waals surface area contributed by atoms with Gasteiger partial charge in [0.1, 0.15) is 19.3 Å². The van der Waals surface area contributed by atoms with Crippen LogP contribution in [0, 0.1) is 5.92 Å². The summed E-state index contributed by atoms with van der Waals surface area (Å²) in [6.45, 7) is 7.42. The lowest BCUT2D eigenvalue weighted by molar-refractivity contribution is -0.161. The summed E-state index contributed by atoms with van der Waals surface area (Å²) in [5.41, 5.74) is 0. The van der Waals surface area contributed by atoms with Crippen LogP contribution in [-0.2, 0) is 65.4 Å². The van der Waals surface area contributed by atoms with E-state index in [0.717, 1.165) is 95.8 Å². The van der Waals surface area contributed by atoms with Gasteiger partial charge in [0.05, 0.1) is 26.4 Å². The third-order valence-corrected chi connectivity index (χ3v) is 22.8. The van der Waals surface area contributed by atoms with Gasteiger partial charge in [0.25, 0.3) is 0 Å². The van der Waals surface area contributed by atoms with E-state index in [1.165, 1.54) is 295 Å². The van der Waals surface area contributed by atoms with Gasteiger partial charge in [-0.2, -0.15) is 0 Å². The van der Waals surface area contributed by atoms with Crippen molar-refractivity contribution < 1.29 is 80.2 Å². The van der Waals surface area contributed by atoms with Crippen molar-refractivity contribution in [2.75, 3.05) is 39.6 Å². The molecule has 17 nitrogen and oxygen atoms in total. The molecule has 0 aromatic rings. The van der Waals surface area contributed by atoms with Crippen molar-refractivity contribution in [1.29, 1.82) is 0 Å². The fourth-order valence-electron chi connectivity index (χ4n) is 13.6. The van der Waals surface area contributed by atoms with E-state index >= 15 is 0 Å². The molecule has 0 bridgehead atoms. The van der Waals surface area contributed by atoms with E-state index < -0.39 is 97.5 Å². The van der Waals surface area contributed by atoms with Crippen LogP contribution in [0.3, 0.4) is 0 Å². The third kappa shape index (κ3) is 78.7. The highest BCUT2D eigenvalue weighted by atomic mass is 31.2. The lowest BCUT2D eigenvalue weighted by atomic mass is 9.99. The summed E-state index contributed by atoms with van der Waals surface area (Å²) in [5.74, 6) is -1.25. The number of aliphatic hydroxyl groups is 1. The predicted molar refractivity (Wildman–Crippen MR) is 437 cm³/mol. The first-order valence-electron chi connectivity index (χ1n) is 45.2. The van der Waals surface area contributed by atoms with Gasteiger partial charge in [-0.25, -0.2) is 9.13 Å². The lowest BCUT2D eigenvalue weighted by Gasteiger charge is -2.21. The Morgan fingerprint density at radius 2 is 0.453 bits per heavy atom. The lowest BCUT2D eigenvalue weighted by Crippen LogP contribution is -2.30. The topological polar surface area (TPSA) is 237 Å². The van der Waals surface area contributed by atoms with Crippen LogP contribution in [0.2, 0.25) is 0 Å². The van der Waals surface area contributed by atoms with Crippen LogP contribution in [0.5, 0.6) is 0 Å². The number of esters is 4. The van der Waals surface area contributed by atoms with Gasteiger partial charge in [-0.3, -0.25) is 37.3 Å². The van der Waals surface area contributed by atoms with Gasteiger partial charge in [-0.1, -0.05) is 420 Å². The molecule has 0 aromatic heterocycles. The maximum absolute atomic E-state index is 13.2. The van der Waals surface area contributed by atoms with Crippen molar-refractivity contribution in [1.82, 2.24) is 0 Å². The van der Waals surface area contributed by atoms with Crippen LogP contribution in [0.1, 0.15) is 471 Å². The van der Waals surface area contributed by atoms with Crippen molar-refractivity contribution in [3.63, 3.8) is 0 Å². The molecule has 0 radical (unpaired) electrons. The predicted octanol–water partition coefficient (Wildman–Crippen LogP) is 26.8. The molecule has 0 fully saturated rings. The minimum atomic E-state index is -4.97. The molecular formula is C87H170O17P2. The Morgan fingerprint density at radius 3 is 0.670 bits per heavy atom. The van der Waals surface area contributed by atoms with Crippen LogP contribution in [0.4, 0.5) is 0 Å². The zero-order valence-electron chi connectivity index (χ0n) is 69.6. The molecule has 0 aromatic carbocycles. The Bertz CT molecular complexity index is 2020. The molecule has 0 aliphatic rings. The van der Waals surface area contributed by atoms with Crippen molar-refractivity contribution in [3.8, 4) is 0 Å². The fraction of sp³-hybridized carbons (Fsp3) is 0.954. The second kappa shape index (κ2) is 79.7. The maximum atomic E-state index is 13.2. The van der Waals surface area contributed by atoms with Gasteiger partial charge in [0, 0.05) is 25.7 Å². The second-order valence-corrected chi connectivity index (χ2v) is 34.4. The summed E-state index contributed by atoms with van der Waals surface area (Å²) in [4.78, 5) is 73.2.